The maximum Gasteiger partial charge on any atom is 0.254 e. The molecule has 2 heteroatoms. The largest absolute Gasteiger partial charge is 0.316 e. The summed E-state index contributed by atoms with van der Waals surface area (Å²) >= 11 is 0. The van der Waals surface area contributed by atoms with Crippen LogP contribution in [0.25, 0.3) is 0 Å². The number of rotatable bonds is 2. The molecule has 1 unspecified atom stereocenters. The standard InChI is InChI=1S/C12H19NO/c1-6-8(2)11-9(3)7-10(4)13(5)12(11)14/h7-8H,6H2,1-5H3. The average Bonchev–Trinajstić information content (AvgIpc) is 2.14. The molecule has 1 aromatic heterocycles. The lowest BCUT2D eigenvalue weighted by molar-refractivity contribution is 0.688. The van der Waals surface area contributed by atoms with E-state index < -0.39 is 0 Å². The average molecular weight is 193 g/mol. The minimum Gasteiger partial charge on any atom is -0.316 e. The Labute approximate surface area is 85.6 Å². The molecule has 0 aromatic carbocycles. The monoisotopic (exact) mass is 193 g/mol. The molecule has 78 valence electrons. The minimum atomic E-state index is 0.164. The Morgan fingerprint density at radius 3 is 2.50 bits per heavy atom. The molecular weight excluding hydrogens is 174 g/mol. The van der Waals surface area contributed by atoms with Gasteiger partial charge in [0.1, 0.15) is 0 Å². The number of nitrogens with zero attached hydrogens (tertiary/aromatic N) is 1. The fraction of sp³-hybridized carbons (Fsp3) is 0.583. The van der Waals surface area contributed by atoms with Gasteiger partial charge in [-0.05, 0) is 37.8 Å². The van der Waals surface area contributed by atoms with Crippen molar-refractivity contribution in [3.8, 4) is 0 Å². The number of hydrogen-bond donors (Lipinski definition) is 0. The molecule has 0 amide bonds. The molecule has 2 nitrogen and oxygen atoms in total. The second-order valence-corrected chi connectivity index (χ2v) is 4.06. The van der Waals surface area contributed by atoms with E-state index in [-0.39, 0.29) is 5.56 Å². The van der Waals surface area contributed by atoms with Crippen LogP contribution >= 0.6 is 0 Å². The summed E-state index contributed by atoms with van der Waals surface area (Å²) in [4.78, 5) is 12.0. The van der Waals surface area contributed by atoms with Crippen LogP contribution in [0.5, 0.6) is 0 Å². The van der Waals surface area contributed by atoms with E-state index >= 15 is 0 Å². The highest BCUT2D eigenvalue weighted by molar-refractivity contribution is 5.28. The molecule has 0 saturated carbocycles. The van der Waals surface area contributed by atoms with Crippen molar-refractivity contribution < 1.29 is 0 Å². The highest BCUT2D eigenvalue weighted by Crippen LogP contribution is 2.18. The summed E-state index contributed by atoms with van der Waals surface area (Å²) in [6, 6.07) is 2.09. The topological polar surface area (TPSA) is 22.0 Å². The van der Waals surface area contributed by atoms with E-state index in [0.717, 1.165) is 23.2 Å². The SMILES string of the molecule is CCC(C)c1c(C)cc(C)n(C)c1=O. The molecule has 0 saturated heterocycles. The van der Waals surface area contributed by atoms with E-state index in [4.69, 9.17) is 0 Å². The summed E-state index contributed by atoms with van der Waals surface area (Å²) in [6.45, 7) is 8.22. The van der Waals surface area contributed by atoms with Gasteiger partial charge < -0.3 is 4.57 Å². The van der Waals surface area contributed by atoms with Crippen LogP contribution in [-0.2, 0) is 7.05 Å². The summed E-state index contributed by atoms with van der Waals surface area (Å²) in [5, 5.41) is 0. The highest BCUT2D eigenvalue weighted by atomic mass is 16.1. The van der Waals surface area contributed by atoms with Crippen molar-refractivity contribution in [2.45, 2.75) is 40.0 Å². The number of pyridine rings is 1. The third-order valence-electron chi connectivity index (χ3n) is 3.02. The lowest BCUT2D eigenvalue weighted by Crippen LogP contribution is -2.25. The zero-order valence-corrected chi connectivity index (χ0v) is 9.72. The van der Waals surface area contributed by atoms with Crippen LogP contribution < -0.4 is 5.56 Å². The second-order valence-electron chi connectivity index (χ2n) is 4.06. The molecule has 0 aliphatic heterocycles. The molecule has 0 aliphatic rings. The van der Waals surface area contributed by atoms with Crippen molar-refractivity contribution >= 4 is 0 Å². The molecule has 0 bridgehead atoms. The van der Waals surface area contributed by atoms with Crippen LogP contribution in [0.4, 0.5) is 0 Å². The summed E-state index contributed by atoms with van der Waals surface area (Å²) in [5.74, 6) is 0.356. The van der Waals surface area contributed by atoms with Gasteiger partial charge in [0.2, 0.25) is 0 Å². The second kappa shape index (κ2) is 3.99. The van der Waals surface area contributed by atoms with Crippen molar-refractivity contribution in [1.29, 1.82) is 0 Å². The van der Waals surface area contributed by atoms with Crippen LogP contribution in [-0.4, -0.2) is 4.57 Å². The molecule has 0 N–H and O–H groups in total. The Morgan fingerprint density at radius 2 is 2.00 bits per heavy atom. The number of aryl methyl sites for hydroxylation is 2. The first kappa shape index (κ1) is 11.0. The van der Waals surface area contributed by atoms with Gasteiger partial charge in [0.25, 0.3) is 5.56 Å². The zero-order valence-electron chi connectivity index (χ0n) is 9.72. The lowest BCUT2D eigenvalue weighted by Gasteiger charge is -2.14. The van der Waals surface area contributed by atoms with Crippen LogP contribution in [0.1, 0.15) is 43.0 Å². The number of aromatic nitrogens is 1. The van der Waals surface area contributed by atoms with Gasteiger partial charge in [-0.25, -0.2) is 0 Å². The maximum absolute atomic E-state index is 12.0. The Bertz CT molecular complexity index is 390. The molecule has 0 radical (unpaired) electrons. The van der Waals surface area contributed by atoms with E-state index in [1.807, 2.05) is 20.9 Å². The van der Waals surface area contributed by atoms with E-state index in [9.17, 15) is 4.79 Å². The first-order valence-corrected chi connectivity index (χ1v) is 5.16. The summed E-state index contributed by atoms with van der Waals surface area (Å²) in [6.07, 6.45) is 1.01. The molecule has 0 spiro atoms. The van der Waals surface area contributed by atoms with Crippen LogP contribution in [0.15, 0.2) is 10.9 Å². The van der Waals surface area contributed by atoms with Crippen molar-refractivity contribution in [1.82, 2.24) is 4.57 Å². The van der Waals surface area contributed by atoms with Gasteiger partial charge in [0.05, 0.1) is 0 Å². The summed E-state index contributed by atoms with van der Waals surface area (Å²) in [5.41, 5.74) is 3.29. The molecular formula is C12H19NO. The first-order chi connectivity index (χ1) is 6.49. The zero-order chi connectivity index (χ0) is 10.9. The summed E-state index contributed by atoms with van der Waals surface area (Å²) < 4.78 is 1.73. The third-order valence-corrected chi connectivity index (χ3v) is 3.02. The maximum atomic E-state index is 12.0. The highest BCUT2D eigenvalue weighted by Gasteiger charge is 2.13. The van der Waals surface area contributed by atoms with Crippen molar-refractivity contribution in [2.24, 2.45) is 7.05 Å². The minimum absolute atomic E-state index is 0.164. The van der Waals surface area contributed by atoms with Gasteiger partial charge in [-0.15, -0.1) is 0 Å². The quantitative estimate of drug-likeness (QED) is 0.707. The van der Waals surface area contributed by atoms with E-state index in [0.29, 0.717) is 5.92 Å². The molecule has 1 heterocycles. The lowest BCUT2D eigenvalue weighted by atomic mass is 9.95. The normalized spacial score (nSPS) is 12.9. The predicted octanol–water partition coefficient (Wildman–Crippen LogP) is 2.52. The predicted molar refractivity (Wildman–Crippen MR) is 59.9 cm³/mol. The summed E-state index contributed by atoms with van der Waals surface area (Å²) in [7, 11) is 1.84. The first-order valence-electron chi connectivity index (χ1n) is 5.16. The van der Waals surface area contributed by atoms with E-state index in [1.54, 1.807) is 4.57 Å². The third kappa shape index (κ3) is 1.74. The Kier molecular flexibility index (Phi) is 3.14. The molecule has 1 aromatic rings. The van der Waals surface area contributed by atoms with Gasteiger partial charge >= 0.3 is 0 Å². The molecule has 0 fully saturated rings. The van der Waals surface area contributed by atoms with Gasteiger partial charge in [0, 0.05) is 18.3 Å². The van der Waals surface area contributed by atoms with E-state index in [2.05, 4.69) is 19.9 Å². The van der Waals surface area contributed by atoms with Gasteiger partial charge in [-0.1, -0.05) is 13.8 Å². The Balaban J connectivity index is 3.44. The van der Waals surface area contributed by atoms with Crippen LogP contribution in [0.2, 0.25) is 0 Å². The molecule has 1 rings (SSSR count). The van der Waals surface area contributed by atoms with Crippen LogP contribution in [0, 0.1) is 13.8 Å². The molecule has 0 aliphatic carbocycles. The van der Waals surface area contributed by atoms with Crippen molar-refractivity contribution in [2.75, 3.05) is 0 Å². The van der Waals surface area contributed by atoms with Gasteiger partial charge in [0.15, 0.2) is 0 Å². The van der Waals surface area contributed by atoms with E-state index in [1.165, 1.54) is 0 Å². The molecule has 1 atom stereocenters. The fourth-order valence-corrected chi connectivity index (χ4v) is 1.80. The Morgan fingerprint density at radius 1 is 1.43 bits per heavy atom. The molecule has 14 heavy (non-hydrogen) atoms. The fourth-order valence-electron chi connectivity index (χ4n) is 1.80. The van der Waals surface area contributed by atoms with Gasteiger partial charge in [-0.3, -0.25) is 4.79 Å². The Hall–Kier alpha value is -1.05. The van der Waals surface area contributed by atoms with Crippen molar-refractivity contribution in [3.05, 3.63) is 33.2 Å². The number of hydrogen-bond acceptors (Lipinski definition) is 1. The smallest absolute Gasteiger partial charge is 0.254 e. The van der Waals surface area contributed by atoms with Gasteiger partial charge in [-0.2, -0.15) is 0 Å². The van der Waals surface area contributed by atoms with Crippen molar-refractivity contribution in [3.63, 3.8) is 0 Å². The van der Waals surface area contributed by atoms with Crippen LogP contribution in [0.3, 0.4) is 0 Å².